The third kappa shape index (κ3) is 5.47. The van der Waals surface area contributed by atoms with E-state index in [1.807, 2.05) is 72.8 Å². The quantitative estimate of drug-likeness (QED) is 0.353. The second kappa shape index (κ2) is 10.5. The number of fused-ring (bicyclic) bond motifs is 1. The van der Waals surface area contributed by atoms with Crippen LogP contribution in [-0.4, -0.2) is 53.1 Å². The Morgan fingerprint density at radius 3 is 2.44 bits per heavy atom. The van der Waals surface area contributed by atoms with Gasteiger partial charge in [0.05, 0.1) is 5.69 Å². The number of para-hydroxylation sites is 1. The summed E-state index contributed by atoms with van der Waals surface area (Å²) in [7, 11) is 0. The molecule has 1 saturated heterocycles. The van der Waals surface area contributed by atoms with E-state index in [4.69, 9.17) is 9.52 Å². The number of carbonyl (C=O) groups excluding carboxylic acids is 1. The Morgan fingerprint density at radius 1 is 0.917 bits per heavy atom. The first kappa shape index (κ1) is 23.4. The van der Waals surface area contributed by atoms with Crippen LogP contribution in [-0.2, 0) is 11.3 Å². The molecule has 2 heterocycles. The maximum atomic E-state index is 12.6. The molecule has 182 valence electrons. The van der Waals surface area contributed by atoms with Crippen molar-refractivity contribution in [1.29, 1.82) is 0 Å². The first-order chi connectivity index (χ1) is 17.5. The van der Waals surface area contributed by atoms with Gasteiger partial charge in [0.15, 0.2) is 0 Å². The van der Waals surface area contributed by atoms with Gasteiger partial charge in [0, 0.05) is 49.7 Å². The zero-order valence-electron chi connectivity index (χ0n) is 19.8. The summed E-state index contributed by atoms with van der Waals surface area (Å²) in [6.07, 6.45) is 2.44. The number of carbonyl (C=O) groups is 2. The molecule has 7 nitrogen and oxygen atoms in total. The lowest BCUT2D eigenvalue weighted by Crippen LogP contribution is -2.47. The van der Waals surface area contributed by atoms with E-state index in [9.17, 15) is 9.59 Å². The molecule has 1 aromatic heterocycles. The molecule has 5 rings (SSSR count). The fourth-order valence-electron chi connectivity index (χ4n) is 4.38. The molecule has 1 aliphatic heterocycles. The standard InChI is InChI=1S/C29H27N3O4/c33-28(13-11-21-6-2-1-3-7-21)30-25-9-5-4-8-24(25)27-19-23-12-10-22(18-26(23)36-27)20-31-14-16-32(17-15-31)29(34)35/h1-13,18-19H,14-17,20H2,(H,30,33)(H,34,35). The molecule has 0 aliphatic carbocycles. The van der Waals surface area contributed by atoms with Gasteiger partial charge in [0.25, 0.3) is 0 Å². The molecule has 1 fully saturated rings. The summed E-state index contributed by atoms with van der Waals surface area (Å²) >= 11 is 0. The molecular weight excluding hydrogens is 454 g/mol. The number of nitrogens with one attached hydrogen (secondary N) is 1. The van der Waals surface area contributed by atoms with Crippen LogP contribution < -0.4 is 5.32 Å². The van der Waals surface area contributed by atoms with Crippen molar-refractivity contribution in [3.63, 3.8) is 0 Å². The molecule has 0 bridgehead atoms. The number of anilines is 1. The number of nitrogens with zero attached hydrogens (tertiary/aromatic N) is 2. The Labute approximate surface area is 209 Å². The average Bonchev–Trinajstić information content (AvgIpc) is 3.32. The molecule has 36 heavy (non-hydrogen) atoms. The molecule has 3 aromatic carbocycles. The lowest BCUT2D eigenvalue weighted by molar-refractivity contribution is -0.111. The predicted molar refractivity (Wildman–Crippen MR) is 141 cm³/mol. The fraction of sp³-hybridized carbons (Fsp3) is 0.172. The minimum absolute atomic E-state index is 0.215. The summed E-state index contributed by atoms with van der Waals surface area (Å²) in [5.41, 5.74) is 4.33. The number of rotatable bonds is 6. The van der Waals surface area contributed by atoms with Crippen molar-refractivity contribution in [3.8, 4) is 11.3 Å². The summed E-state index contributed by atoms with van der Waals surface area (Å²) in [6.45, 7) is 3.19. The maximum Gasteiger partial charge on any atom is 0.407 e. The van der Waals surface area contributed by atoms with Crippen LogP contribution >= 0.6 is 0 Å². The Morgan fingerprint density at radius 2 is 1.67 bits per heavy atom. The van der Waals surface area contributed by atoms with Gasteiger partial charge in [-0.3, -0.25) is 9.69 Å². The predicted octanol–water partition coefficient (Wildman–Crippen LogP) is 5.55. The number of hydrogen-bond donors (Lipinski definition) is 2. The van der Waals surface area contributed by atoms with E-state index in [2.05, 4.69) is 16.3 Å². The zero-order valence-corrected chi connectivity index (χ0v) is 19.8. The van der Waals surface area contributed by atoms with Crippen molar-refractivity contribution in [2.24, 2.45) is 0 Å². The SMILES string of the molecule is O=C(C=Cc1ccccc1)Nc1ccccc1-c1cc2ccc(CN3CCN(C(=O)O)CC3)cc2o1. The van der Waals surface area contributed by atoms with E-state index in [0.29, 0.717) is 37.6 Å². The molecule has 0 unspecified atom stereocenters. The average molecular weight is 482 g/mol. The van der Waals surface area contributed by atoms with Gasteiger partial charge in [-0.1, -0.05) is 54.6 Å². The van der Waals surface area contributed by atoms with Crippen molar-refractivity contribution >= 4 is 34.7 Å². The Hall–Kier alpha value is -4.36. The highest BCUT2D eigenvalue weighted by molar-refractivity contribution is 6.04. The van der Waals surface area contributed by atoms with E-state index in [0.717, 1.165) is 34.2 Å². The lowest BCUT2D eigenvalue weighted by atomic mass is 10.1. The normalized spacial score (nSPS) is 14.4. The van der Waals surface area contributed by atoms with E-state index >= 15 is 0 Å². The number of amides is 2. The molecule has 2 N–H and O–H groups in total. The van der Waals surface area contributed by atoms with E-state index in [1.54, 1.807) is 6.08 Å². The number of piperazine rings is 1. The van der Waals surface area contributed by atoms with Gasteiger partial charge in [-0.25, -0.2) is 4.79 Å². The second-order valence-corrected chi connectivity index (χ2v) is 8.81. The molecule has 0 atom stereocenters. The van der Waals surface area contributed by atoms with Crippen LogP contribution in [0.25, 0.3) is 28.4 Å². The summed E-state index contributed by atoms with van der Waals surface area (Å²) in [4.78, 5) is 27.4. The van der Waals surface area contributed by atoms with Crippen LogP contribution in [0.3, 0.4) is 0 Å². The summed E-state index contributed by atoms with van der Waals surface area (Å²) in [6, 6.07) is 25.4. The van der Waals surface area contributed by atoms with Gasteiger partial charge in [0.1, 0.15) is 11.3 Å². The van der Waals surface area contributed by atoms with Crippen LogP contribution in [0.1, 0.15) is 11.1 Å². The molecule has 4 aromatic rings. The minimum Gasteiger partial charge on any atom is -0.465 e. The van der Waals surface area contributed by atoms with Gasteiger partial charge in [0.2, 0.25) is 5.91 Å². The first-order valence-electron chi connectivity index (χ1n) is 11.9. The van der Waals surface area contributed by atoms with Crippen molar-refractivity contribution in [2.75, 3.05) is 31.5 Å². The van der Waals surface area contributed by atoms with Crippen molar-refractivity contribution in [1.82, 2.24) is 9.80 Å². The first-order valence-corrected chi connectivity index (χ1v) is 11.9. The van der Waals surface area contributed by atoms with Gasteiger partial charge in [-0.15, -0.1) is 0 Å². The zero-order chi connectivity index (χ0) is 24.9. The minimum atomic E-state index is -0.858. The summed E-state index contributed by atoms with van der Waals surface area (Å²) < 4.78 is 6.21. The Balaban J connectivity index is 1.30. The fourth-order valence-corrected chi connectivity index (χ4v) is 4.38. The third-order valence-corrected chi connectivity index (χ3v) is 6.31. The largest absolute Gasteiger partial charge is 0.465 e. The van der Waals surface area contributed by atoms with E-state index in [1.165, 1.54) is 11.0 Å². The second-order valence-electron chi connectivity index (χ2n) is 8.81. The van der Waals surface area contributed by atoms with Crippen LogP contribution in [0.5, 0.6) is 0 Å². The maximum absolute atomic E-state index is 12.6. The van der Waals surface area contributed by atoms with Crippen LogP contribution in [0.4, 0.5) is 10.5 Å². The molecule has 0 radical (unpaired) electrons. The number of benzene rings is 3. The smallest absolute Gasteiger partial charge is 0.407 e. The number of hydrogen-bond acceptors (Lipinski definition) is 4. The topological polar surface area (TPSA) is 86.0 Å². The van der Waals surface area contributed by atoms with Crippen LogP contribution in [0, 0.1) is 0 Å². The van der Waals surface area contributed by atoms with E-state index in [-0.39, 0.29) is 5.91 Å². The lowest BCUT2D eigenvalue weighted by Gasteiger charge is -2.33. The third-order valence-electron chi connectivity index (χ3n) is 6.31. The molecule has 2 amide bonds. The van der Waals surface area contributed by atoms with Gasteiger partial charge < -0.3 is 19.7 Å². The number of furan rings is 1. The summed E-state index contributed by atoms with van der Waals surface area (Å²) in [5.74, 6) is 0.466. The van der Waals surface area contributed by atoms with Crippen molar-refractivity contribution in [2.45, 2.75) is 6.54 Å². The highest BCUT2D eigenvalue weighted by Crippen LogP contribution is 2.33. The van der Waals surface area contributed by atoms with Crippen molar-refractivity contribution in [3.05, 3.63) is 96.1 Å². The Kier molecular flexibility index (Phi) is 6.82. The molecule has 7 heteroatoms. The molecule has 0 saturated carbocycles. The molecule has 1 aliphatic rings. The highest BCUT2D eigenvalue weighted by atomic mass is 16.4. The Bertz CT molecular complexity index is 1400. The van der Waals surface area contributed by atoms with Crippen molar-refractivity contribution < 1.29 is 19.1 Å². The van der Waals surface area contributed by atoms with Gasteiger partial charge in [-0.05, 0) is 41.5 Å². The molecule has 0 spiro atoms. The summed E-state index contributed by atoms with van der Waals surface area (Å²) in [5, 5.41) is 13.1. The van der Waals surface area contributed by atoms with Crippen LogP contribution in [0.2, 0.25) is 0 Å². The van der Waals surface area contributed by atoms with Gasteiger partial charge >= 0.3 is 6.09 Å². The van der Waals surface area contributed by atoms with Crippen LogP contribution in [0.15, 0.2) is 89.4 Å². The highest BCUT2D eigenvalue weighted by Gasteiger charge is 2.20. The molecular formula is C29H27N3O4. The van der Waals surface area contributed by atoms with Gasteiger partial charge in [-0.2, -0.15) is 0 Å². The monoisotopic (exact) mass is 481 g/mol. The number of carboxylic acid groups (broad SMARTS) is 1. The van der Waals surface area contributed by atoms with E-state index < -0.39 is 6.09 Å².